The van der Waals surface area contributed by atoms with Gasteiger partial charge >= 0.3 is 0 Å². The van der Waals surface area contributed by atoms with E-state index in [1.54, 1.807) is 18.2 Å². The fraction of sp³-hybridized carbons (Fsp3) is 0.235. The highest BCUT2D eigenvalue weighted by molar-refractivity contribution is 6.30. The smallest absolute Gasteiger partial charge is 0.246 e. The molecule has 0 unspecified atom stereocenters. The molecule has 0 saturated heterocycles. The minimum absolute atomic E-state index is 0.0980. The van der Waals surface area contributed by atoms with Crippen LogP contribution in [0.1, 0.15) is 19.4 Å². The molecular weight excluding hydrogens is 284 g/mol. The van der Waals surface area contributed by atoms with E-state index in [1.807, 2.05) is 25.1 Å². The van der Waals surface area contributed by atoms with Crippen molar-refractivity contribution >= 4 is 28.9 Å². The first kappa shape index (κ1) is 15.4. The molecular formula is C17H19ClN2O. The van der Waals surface area contributed by atoms with Crippen molar-refractivity contribution in [2.24, 2.45) is 0 Å². The van der Waals surface area contributed by atoms with Crippen molar-refractivity contribution in [3.8, 4) is 0 Å². The SMILES string of the molecule is CCc1cccc(N[C@@H](C)C(=O)Nc2cccc(Cl)c2)c1. The van der Waals surface area contributed by atoms with Gasteiger partial charge in [-0.05, 0) is 49.2 Å². The fourth-order valence-corrected chi connectivity index (χ4v) is 2.20. The van der Waals surface area contributed by atoms with Gasteiger partial charge in [0, 0.05) is 16.4 Å². The fourth-order valence-electron chi connectivity index (χ4n) is 2.01. The van der Waals surface area contributed by atoms with Crippen LogP contribution >= 0.6 is 11.6 Å². The maximum atomic E-state index is 12.2. The number of anilines is 2. The lowest BCUT2D eigenvalue weighted by molar-refractivity contribution is -0.116. The van der Waals surface area contributed by atoms with Crippen LogP contribution in [0.25, 0.3) is 0 Å². The van der Waals surface area contributed by atoms with E-state index in [2.05, 4.69) is 29.7 Å². The van der Waals surface area contributed by atoms with Crippen LogP contribution in [0, 0.1) is 0 Å². The van der Waals surface area contributed by atoms with E-state index in [-0.39, 0.29) is 11.9 Å². The number of carbonyl (C=O) groups excluding carboxylic acids is 1. The molecule has 4 heteroatoms. The zero-order valence-corrected chi connectivity index (χ0v) is 12.9. The monoisotopic (exact) mass is 302 g/mol. The van der Waals surface area contributed by atoms with Crippen LogP contribution in [0.4, 0.5) is 11.4 Å². The van der Waals surface area contributed by atoms with Crippen molar-refractivity contribution in [1.29, 1.82) is 0 Å². The van der Waals surface area contributed by atoms with Gasteiger partial charge in [0.2, 0.25) is 5.91 Å². The van der Waals surface area contributed by atoms with E-state index in [1.165, 1.54) is 5.56 Å². The molecule has 1 atom stereocenters. The van der Waals surface area contributed by atoms with Gasteiger partial charge in [0.25, 0.3) is 0 Å². The third-order valence-electron chi connectivity index (χ3n) is 3.20. The Morgan fingerprint density at radius 1 is 1.14 bits per heavy atom. The minimum Gasteiger partial charge on any atom is -0.374 e. The van der Waals surface area contributed by atoms with Crippen LogP contribution in [0.5, 0.6) is 0 Å². The molecule has 0 bridgehead atoms. The normalized spacial score (nSPS) is 11.8. The number of carbonyl (C=O) groups is 1. The summed E-state index contributed by atoms with van der Waals surface area (Å²) in [5.41, 5.74) is 2.88. The Morgan fingerprint density at radius 3 is 2.57 bits per heavy atom. The summed E-state index contributed by atoms with van der Waals surface area (Å²) in [5.74, 6) is -0.0980. The highest BCUT2D eigenvalue weighted by atomic mass is 35.5. The summed E-state index contributed by atoms with van der Waals surface area (Å²) in [6, 6.07) is 14.9. The Morgan fingerprint density at radius 2 is 1.86 bits per heavy atom. The topological polar surface area (TPSA) is 41.1 Å². The van der Waals surface area contributed by atoms with Crippen molar-refractivity contribution < 1.29 is 4.79 Å². The average molecular weight is 303 g/mol. The molecule has 2 rings (SSSR count). The molecule has 0 aromatic heterocycles. The largest absolute Gasteiger partial charge is 0.374 e. The zero-order chi connectivity index (χ0) is 15.2. The van der Waals surface area contributed by atoms with Gasteiger partial charge in [-0.2, -0.15) is 0 Å². The number of benzene rings is 2. The third kappa shape index (κ3) is 4.50. The van der Waals surface area contributed by atoms with Gasteiger partial charge in [-0.25, -0.2) is 0 Å². The van der Waals surface area contributed by atoms with Gasteiger partial charge in [0.15, 0.2) is 0 Å². The zero-order valence-electron chi connectivity index (χ0n) is 12.2. The Hall–Kier alpha value is -2.00. The van der Waals surface area contributed by atoms with Crippen LogP contribution in [0.3, 0.4) is 0 Å². The van der Waals surface area contributed by atoms with Gasteiger partial charge in [-0.3, -0.25) is 4.79 Å². The lowest BCUT2D eigenvalue weighted by Gasteiger charge is -2.16. The predicted molar refractivity (Wildman–Crippen MR) is 89.0 cm³/mol. The Kier molecular flexibility index (Phi) is 5.23. The van der Waals surface area contributed by atoms with Gasteiger partial charge in [0.05, 0.1) is 0 Å². The molecule has 2 aromatic carbocycles. The summed E-state index contributed by atoms with van der Waals surface area (Å²) in [6.07, 6.45) is 0.971. The Balaban J connectivity index is 1.99. The molecule has 2 N–H and O–H groups in total. The number of halogens is 1. The molecule has 110 valence electrons. The van der Waals surface area contributed by atoms with Crippen molar-refractivity contribution in [2.75, 3.05) is 10.6 Å². The van der Waals surface area contributed by atoms with E-state index in [0.29, 0.717) is 10.7 Å². The molecule has 0 radical (unpaired) electrons. The second kappa shape index (κ2) is 7.14. The highest BCUT2D eigenvalue weighted by Gasteiger charge is 2.13. The molecule has 1 amide bonds. The lowest BCUT2D eigenvalue weighted by Crippen LogP contribution is -2.31. The number of rotatable bonds is 5. The van der Waals surface area contributed by atoms with E-state index >= 15 is 0 Å². The summed E-state index contributed by atoms with van der Waals surface area (Å²) in [4.78, 5) is 12.2. The van der Waals surface area contributed by atoms with E-state index in [4.69, 9.17) is 11.6 Å². The molecule has 0 heterocycles. The first-order valence-corrected chi connectivity index (χ1v) is 7.38. The van der Waals surface area contributed by atoms with Gasteiger partial charge in [0.1, 0.15) is 6.04 Å². The molecule has 0 spiro atoms. The van der Waals surface area contributed by atoms with Crippen LogP contribution in [-0.4, -0.2) is 11.9 Å². The minimum atomic E-state index is -0.337. The first-order chi connectivity index (χ1) is 10.1. The van der Waals surface area contributed by atoms with Gasteiger partial charge < -0.3 is 10.6 Å². The maximum absolute atomic E-state index is 12.2. The molecule has 0 fully saturated rings. The number of amides is 1. The highest BCUT2D eigenvalue weighted by Crippen LogP contribution is 2.16. The van der Waals surface area contributed by atoms with Crippen LogP contribution in [0.2, 0.25) is 5.02 Å². The quantitative estimate of drug-likeness (QED) is 0.862. The summed E-state index contributed by atoms with van der Waals surface area (Å²) >= 11 is 5.90. The Labute approximate surface area is 130 Å². The number of hydrogen-bond donors (Lipinski definition) is 2. The number of nitrogens with one attached hydrogen (secondary N) is 2. The molecule has 0 aliphatic heterocycles. The molecule has 21 heavy (non-hydrogen) atoms. The van der Waals surface area contributed by atoms with Crippen molar-refractivity contribution in [2.45, 2.75) is 26.3 Å². The predicted octanol–water partition coefficient (Wildman–Crippen LogP) is 4.34. The molecule has 2 aromatic rings. The number of aryl methyl sites for hydroxylation is 1. The van der Waals surface area contributed by atoms with E-state index in [9.17, 15) is 4.79 Å². The lowest BCUT2D eigenvalue weighted by atomic mass is 10.1. The molecule has 0 aliphatic rings. The third-order valence-corrected chi connectivity index (χ3v) is 3.44. The second-order valence-electron chi connectivity index (χ2n) is 4.92. The Bertz CT molecular complexity index is 628. The summed E-state index contributed by atoms with van der Waals surface area (Å²) in [7, 11) is 0. The van der Waals surface area contributed by atoms with Gasteiger partial charge in [-0.15, -0.1) is 0 Å². The number of hydrogen-bond acceptors (Lipinski definition) is 2. The van der Waals surface area contributed by atoms with Crippen LogP contribution in [-0.2, 0) is 11.2 Å². The van der Waals surface area contributed by atoms with E-state index in [0.717, 1.165) is 12.1 Å². The first-order valence-electron chi connectivity index (χ1n) is 7.00. The summed E-state index contributed by atoms with van der Waals surface area (Å²) in [6.45, 7) is 3.94. The van der Waals surface area contributed by atoms with E-state index < -0.39 is 0 Å². The summed E-state index contributed by atoms with van der Waals surface area (Å²) in [5, 5.41) is 6.65. The molecule has 3 nitrogen and oxygen atoms in total. The van der Waals surface area contributed by atoms with Crippen LogP contribution < -0.4 is 10.6 Å². The van der Waals surface area contributed by atoms with Crippen molar-refractivity contribution in [1.82, 2.24) is 0 Å². The van der Waals surface area contributed by atoms with Crippen LogP contribution in [0.15, 0.2) is 48.5 Å². The second-order valence-corrected chi connectivity index (χ2v) is 5.36. The standard InChI is InChI=1S/C17H19ClN2O/c1-3-13-6-4-8-15(10-13)19-12(2)17(21)20-16-9-5-7-14(18)11-16/h4-12,19H,3H2,1-2H3,(H,20,21)/t12-/m0/s1. The maximum Gasteiger partial charge on any atom is 0.246 e. The summed E-state index contributed by atoms with van der Waals surface area (Å²) < 4.78 is 0. The van der Waals surface area contributed by atoms with Crippen molar-refractivity contribution in [3.63, 3.8) is 0 Å². The molecule has 0 aliphatic carbocycles. The van der Waals surface area contributed by atoms with Crippen molar-refractivity contribution in [3.05, 3.63) is 59.1 Å². The molecule has 0 saturated carbocycles. The average Bonchev–Trinajstić information content (AvgIpc) is 2.47. The van der Waals surface area contributed by atoms with Gasteiger partial charge in [-0.1, -0.05) is 36.7 Å².